The van der Waals surface area contributed by atoms with Crippen molar-refractivity contribution in [2.75, 3.05) is 0 Å². The van der Waals surface area contributed by atoms with Crippen molar-refractivity contribution in [3.05, 3.63) is 35.9 Å². The van der Waals surface area contributed by atoms with Crippen LogP contribution in [-0.2, 0) is 4.79 Å². The second-order valence-electron chi connectivity index (χ2n) is 7.30. The van der Waals surface area contributed by atoms with Crippen LogP contribution < -0.4 is 0 Å². The fraction of sp³-hybridized carbons (Fsp3) is 0.579. The van der Waals surface area contributed by atoms with Crippen molar-refractivity contribution in [1.29, 1.82) is 0 Å². The van der Waals surface area contributed by atoms with Gasteiger partial charge in [-0.1, -0.05) is 43.2 Å². The predicted molar refractivity (Wildman–Crippen MR) is 86.0 cm³/mol. The van der Waals surface area contributed by atoms with Gasteiger partial charge >= 0.3 is 0 Å². The van der Waals surface area contributed by atoms with Crippen molar-refractivity contribution in [2.45, 2.75) is 43.9 Å². The van der Waals surface area contributed by atoms with Crippen LogP contribution in [0.3, 0.4) is 0 Å². The van der Waals surface area contributed by atoms with Gasteiger partial charge in [0.05, 0.1) is 0 Å². The quantitative estimate of drug-likeness (QED) is 0.603. The highest BCUT2D eigenvalue weighted by atomic mass is 35.5. The number of fused-ring (bicyclic) bond motifs is 1. The number of benzene rings is 1. The van der Waals surface area contributed by atoms with Gasteiger partial charge in [-0.05, 0) is 30.6 Å². The van der Waals surface area contributed by atoms with Crippen LogP contribution in [0.2, 0.25) is 0 Å². The zero-order valence-electron chi connectivity index (χ0n) is 12.6. The van der Waals surface area contributed by atoms with E-state index in [1.54, 1.807) is 0 Å². The summed E-state index contributed by atoms with van der Waals surface area (Å²) in [6.45, 7) is 0. The summed E-state index contributed by atoms with van der Waals surface area (Å²) in [6, 6.07) is 9.46. The van der Waals surface area contributed by atoms with E-state index in [-0.39, 0.29) is 34.2 Å². The lowest BCUT2D eigenvalue weighted by atomic mass is 9.54. The highest BCUT2D eigenvalue weighted by Crippen LogP contribution is 2.63. The third kappa shape index (κ3) is 1.93. The molecule has 1 spiro atoms. The van der Waals surface area contributed by atoms with Gasteiger partial charge in [-0.15, -0.1) is 11.6 Å². The number of carbonyl (C=O) groups excluding carboxylic acids is 2. The molecule has 1 aromatic rings. The van der Waals surface area contributed by atoms with Gasteiger partial charge < -0.3 is 0 Å². The van der Waals surface area contributed by atoms with E-state index in [9.17, 15) is 9.59 Å². The summed E-state index contributed by atoms with van der Waals surface area (Å²) in [6.07, 6.45) is 5.99. The molecule has 0 unspecified atom stereocenters. The second-order valence-corrected chi connectivity index (χ2v) is 7.86. The molecule has 0 saturated heterocycles. The molecule has 22 heavy (non-hydrogen) atoms. The van der Waals surface area contributed by atoms with Gasteiger partial charge in [0.25, 0.3) is 0 Å². The third-order valence-corrected chi connectivity index (χ3v) is 6.80. The molecule has 2 nitrogen and oxygen atoms in total. The smallest absolute Gasteiger partial charge is 0.167 e. The van der Waals surface area contributed by atoms with Crippen LogP contribution in [0.1, 0.15) is 48.9 Å². The van der Waals surface area contributed by atoms with Crippen molar-refractivity contribution >= 4 is 23.2 Å². The van der Waals surface area contributed by atoms with Gasteiger partial charge in [0, 0.05) is 29.2 Å². The van der Waals surface area contributed by atoms with E-state index in [0.29, 0.717) is 12.3 Å². The zero-order valence-corrected chi connectivity index (χ0v) is 13.4. The Bertz CT molecular complexity index is 611. The Hall–Kier alpha value is -1.15. The highest BCUT2D eigenvalue weighted by molar-refractivity contribution is 6.23. The first-order chi connectivity index (χ1) is 10.6. The molecule has 4 rings (SSSR count). The van der Waals surface area contributed by atoms with Gasteiger partial charge in [0.15, 0.2) is 5.78 Å². The van der Waals surface area contributed by atoms with Crippen molar-refractivity contribution < 1.29 is 9.59 Å². The maximum absolute atomic E-state index is 13.2. The molecule has 1 aromatic carbocycles. The van der Waals surface area contributed by atoms with E-state index < -0.39 is 0 Å². The maximum Gasteiger partial charge on any atom is 0.167 e. The van der Waals surface area contributed by atoms with E-state index in [0.717, 1.165) is 31.2 Å². The summed E-state index contributed by atoms with van der Waals surface area (Å²) in [5.74, 6) is 0.379. The Kier molecular flexibility index (Phi) is 3.41. The lowest BCUT2D eigenvalue weighted by molar-refractivity contribution is -0.121. The van der Waals surface area contributed by atoms with Crippen LogP contribution in [0.15, 0.2) is 30.3 Å². The SMILES string of the molecule is O=C1C[C@]23CCCC[C@@H]2C[C@H](Cl)[C@H]1[C@@H]3C(=O)c1ccccc1. The second kappa shape index (κ2) is 5.19. The molecule has 3 saturated carbocycles. The largest absolute Gasteiger partial charge is 0.299 e. The van der Waals surface area contributed by atoms with Crippen molar-refractivity contribution in [3.8, 4) is 0 Å². The lowest BCUT2D eigenvalue weighted by Crippen LogP contribution is -2.49. The zero-order chi connectivity index (χ0) is 15.3. The molecule has 0 heterocycles. The molecule has 0 aromatic heterocycles. The summed E-state index contributed by atoms with van der Waals surface area (Å²) in [5, 5.41) is -0.163. The van der Waals surface area contributed by atoms with Crippen LogP contribution in [0.25, 0.3) is 0 Å². The van der Waals surface area contributed by atoms with Crippen molar-refractivity contribution in [3.63, 3.8) is 0 Å². The van der Waals surface area contributed by atoms with E-state index in [1.807, 2.05) is 30.3 Å². The average Bonchev–Trinajstić information content (AvgIpc) is 2.77. The number of hydrogen-bond acceptors (Lipinski definition) is 2. The van der Waals surface area contributed by atoms with Crippen molar-refractivity contribution in [1.82, 2.24) is 0 Å². The number of Topliss-reactive ketones (excluding diaryl/α,β-unsaturated/α-hetero) is 2. The fourth-order valence-electron chi connectivity index (χ4n) is 5.46. The Balaban J connectivity index is 1.79. The van der Waals surface area contributed by atoms with Crippen LogP contribution in [-0.4, -0.2) is 16.9 Å². The highest BCUT2D eigenvalue weighted by Gasteiger charge is 2.64. The van der Waals surface area contributed by atoms with Crippen LogP contribution in [0, 0.1) is 23.2 Å². The van der Waals surface area contributed by atoms with Gasteiger partial charge in [-0.2, -0.15) is 0 Å². The van der Waals surface area contributed by atoms with Crippen molar-refractivity contribution in [2.24, 2.45) is 23.2 Å². The monoisotopic (exact) mass is 316 g/mol. The molecule has 5 atom stereocenters. The number of rotatable bonds is 2. The summed E-state index contributed by atoms with van der Waals surface area (Å²) in [7, 11) is 0. The molecule has 0 radical (unpaired) electrons. The molecular formula is C19H21ClO2. The fourth-order valence-corrected chi connectivity index (χ4v) is 5.96. The summed E-state index contributed by atoms with van der Waals surface area (Å²) < 4.78 is 0. The van der Waals surface area contributed by atoms with E-state index in [2.05, 4.69) is 0 Å². The number of hydrogen-bond donors (Lipinski definition) is 0. The number of carbonyl (C=O) groups is 2. The molecular weight excluding hydrogens is 296 g/mol. The molecule has 3 heteroatoms. The van der Waals surface area contributed by atoms with E-state index >= 15 is 0 Å². The summed E-state index contributed by atoms with van der Waals surface area (Å²) in [4.78, 5) is 25.8. The first-order valence-electron chi connectivity index (χ1n) is 8.39. The molecule has 0 N–H and O–H groups in total. The minimum atomic E-state index is -0.260. The van der Waals surface area contributed by atoms with Crippen LogP contribution in [0.5, 0.6) is 0 Å². The summed E-state index contributed by atoms with van der Waals surface area (Å²) in [5.41, 5.74) is 0.639. The maximum atomic E-state index is 13.2. The van der Waals surface area contributed by atoms with Gasteiger partial charge in [-0.25, -0.2) is 0 Å². The Morgan fingerprint density at radius 2 is 1.95 bits per heavy atom. The molecule has 3 fully saturated rings. The topological polar surface area (TPSA) is 34.1 Å². The lowest BCUT2D eigenvalue weighted by Gasteiger charge is -2.50. The van der Waals surface area contributed by atoms with Gasteiger partial charge in [0.2, 0.25) is 0 Å². The number of ketones is 2. The van der Waals surface area contributed by atoms with E-state index in [4.69, 9.17) is 11.6 Å². The third-order valence-electron chi connectivity index (χ3n) is 6.35. The van der Waals surface area contributed by atoms with Gasteiger partial charge in [0.1, 0.15) is 5.78 Å². The van der Waals surface area contributed by atoms with Crippen LogP contribution in [0.4, 0.5) is 0 Å². The van der Waals surface area contributed by atoms with E-state index in [1.165, 1.54) is 6.42 Å². The molecule has 2 bridgehead atoms. The Morgan fingerprint density at radius 3 is 2.73 bits per heavy atom. The first kappa shape index (κ1) is 14.4. The minimum absolute atomic E-state index is 0.0989. The molecule has 0 amide bonds. The first-order valence-corrected chi connectivity index (χ1v) is 8.83. The normalized spacial score (nSPS) is 40.3. The number of alkyl halides is 1. The standard InChI is InChI=1S/C19H21ClO2/c20-14-10-13-8-4-5-9-19(13)11-15(21)16(14)17(19)18(22)12-6-2-1-3-7-12/h1-3,6-7,13-14,16-17H,4-5,8-11H2/t13-,14+,16-,17-,19-/m1/s1. The molecule has 116 valence electrons. The number of halogens is 1. The molecule has 0 aliphatic heterocycles. The average molecular weight is 317 g/mol. The minimum Gasteiger partial charge on any atom is -0.299 e. The Morgan fingerprint density at radius 1 is 1.18 bits per heavy atom. The van der Waals surface area contributed by atoms with Gasteiger partial charge in [-0.3, -0.25) is 9.59 Å². The molecule has 3 aliphatic rings. The Labute approximate surface area is 136 Å². The predicted octanol–water partition coefficient (Wildman–Crippen LogP) is 4.26. The molecule has 3 aliphatic carbocycles. The summed E-state index contributed by atoms with van der Waals surface area (Å²) >= 11 is 6.57. The van der Waals surface area contributed by atoms with Crippen LogP contribution >= 0.6 is 11.6 Å².